The maximum Gasteiger partial charge on any atom is 0.221 e. The monoisotopic (exact) mass is 394 g/mol. The van der Waals surface area contributed by atoms with Crippen molar-refractivity contribution in [3.05, 3.63) is 24.2 Å². The van der Waals surface area contributed by atoms with Crippen molar-refractivity contribution in [1.29, 1.82) is 0 Å². The summed E-state index contributed by atoms with van der Waals surface area (Å²) in [6.07, 6.45) is 3.01. The van der Waals surface area contributed by atoms with Crippen LogP contribution in [0.3, 0.4) is 0 Å². The number of halogens is 1. The minimum absolute atomic E-state index is 0. The van der Waals surface area contributed by atoms with E-state index in [-0.39, 0.29) is 29.9 Å². The Labute approximate surface area is 136 Å². The van der Waals surface area contributed by atoms with Crippen LogP contribution in [-0.4, -0.2) is 32.0 Å². The highest BCUT2D eigenvalue weighted by Crippen LogP contribution is 1.98. The Morgan fingerprint density at radius 3 is 2.70 bits per heavy atom. The molecule has 0 aliphatic carbocycles. The van der Waals surface area contributed by atoms with E-state index in [2.05, 4.69) is 20.9 Å². The van der Waals surface area contributed by atoms with Crippen LogP contribution in [0.5, 0.6) is 0 Å². The molecule has 7 heteroatoms. The fourth-order valence-electron chi connectivity index (χ4n) is 1.45. The summed E-state index contributed by atoms with van der Waals surface area (Å²) in [5.74, 6) is 1.54. The molecule has 6 nitrogen and oxygen atoms in total. The summed E-state index contributed by atoms with van der Waals surface area (Å²) in [5, 5.41) is 9.00. The van der Waals surface area contributed by atoms with Crippen LogP contribution in [0.2, 0.25) is 0 Å². The third kappa shape index (κ3) is 8.03. The van der Waals surface area contributed by atoms with Crippen LogP contribution in [0.4, 0.5) is 0 Å². The molecular formula is C13H23IN4O2. The van der Waals surface area contributed by atoms with Gasteiger partial charge in [0.1, 0.15) is 5.76 Å². The molecule has 0 atom stereocenters. The highest BCUT2D eigenvalue weighted by Gasteiger charge is 2.02. The predicted molar refractivity (Wildman–Crippen MR) is 90.2 cm³/mol. The van der Waals surface area contributed by atoms with Gasteiger partial charge in [-0.1, -0.05) is 6.92 Å². The van der Waals surface area contributed by atoms with E-state index >= 15 is 0 Å². The SMILES string of the molecule is CCCNC(=O)CCNC(=NC)NCc1ccco1.I. The number of amides is 1. The number of rotatable bonds is 7. The molecule has 0 spiro atoms. The number of furan rings is 1. The van der Waals surface area contributed by atoms with Gasteiger partial charge in [0.2, 0.25) is 5.91 Å². The van der Waals surface area contributed by atoms with Crippen molar-refractivity contribution < 1.29 is 9.21 Å². The molecule has 1 aromatic heterocycles. The zero-order valence-electron chi connectivity index (χ0n) is 11.9. The number of carbonyl (C=O) groups excluding carboxylic acids is 1. The molecule has 0 saturated carbocycles. The van der Waals surface area contributed by atoms with E-state index in [9.17, 15) is 4.79 Å². The van der Waals surface area contributed by atoms with Gasteiger partial charge in [-0.15, -0.1) is 24.0 Å². The van der Waals surface area contributed by atoms with Gasteiger partial charge in [-0.25, -0.2) is 0 Å². The molecule has 20 heavy (non-hydrogen) atoms. The quantitative estimate of drug-likeness (QED) is 0.372. The maximum absolute atomic E-state index is 11.4. The van der Waals surface area contributed by atoms with E-state index in [1.807, 2.05) is 19.1 Å². The van der Waals surface area contributed by atoms with Crippen LogP contribution in [0.25, 0.3) is 0 Å². The molecule has 0 bridgehead atoms. The Kier molecular flexibility index (Phi) is 10.8. The van der Waals surface area contributed by atoms with E-state index in [1.165, 1.54) is 0 Å². The highest BCUT2D eigenvalue weighted by molar-refractivity contribution is 14.0. The molecule has 1 heterocycles. The lowest BCUT2D eigenvalue weighted by atomic mass is 10.4. The number of hydrogen-bond donors (Lipinski definition) is 3. The second-order valence-electron chi connectivity index (χ2n) is 4.03. The Balaban J connectivity index is 0.00000361. The third-order valence-corrected chi connectivity index (χ3v) is 2.45. The molecule has 0 aliphatic rings. The second kappa shape index (κ2) is 11.6. The van der Waals surface area contributed by atoms with Crippen molar-refractivity contribution >= 4 is 35.8 Å². The van der Waals surface area contributed by atoms with E-state index in [0.717, 1.165) is 18.7 Å². The van der Waals surface area contributed by atoms with E-state index in [4.69, 9.17) is 4.42 Å². The largest absolute Gasteiger partial charge is 0.467 e. The van der Waals surface area contributed by atoms with Gasteiger partial charge in [0.15, 0.2) is 5.96 Å². The first-order valence-corrected chi connectivity index (χ1v) is 6.49. The van der Waals surface area contributed by atoms with Crippen LogP contribution >= 0.6 is 24.0 Å². The Hall–Kier alpha value is -1.25. The number of hydrogen-bond acceptors (Lipinski definition) is 3. The molecule has 1 amide bonds. The van der Waals surface area contributed by atoms with Crippen molar-refractivity contribution in [1.82, 2.24) is 16.0 Å². The molecule has 0 fully saturated rings. The first-order valence-electron chi connectivity index (χ1n) is 6.49. The third-order valence-electron chi connectivity index (χ3n) is 2.45. The maximum atomic E-state index is 11.4. The smallest absolute Gasteiger partial charge is 0.221 e. The standard InChI is InChI=1S/C13H22N4O2.HI/c1-3-7-15-12(18)6-8-16-13(14-2)17-10-11-5-4-9-19-11;/h4-5,9H,3,6-8,10H2,1-2H3,(H,15,18)(H2,14,16,17);1H. The van der Waals surface area contributed by atoms with Crippen LogP contribution in [0.15, 0.2) is 27.8 Å². The van der Waals surface area contributed by atoms with Gasteiger partial charge in [0.25, 0.3) is 0 Å². The molecule has 0 aromatic carbocycles. The molecule has 3 N–H and O–H groups in total. The van der Waals surface area contributed by atoms with Crippen molar-refractivity contribution in [2.75, 3.05) is 20.1 Å². The van der Waals surface area contributed by atoms with Gasteiger partial charge >= 0.3 is 0 Å². The van der Waals surface area contributed by atoms with E-state index < -0.39 is 0 Å². The second-order valence-corrected chi connectivity index (χ2v) is 4.03. The molecule has 0 unspecified atom stereocenters. The zero-order valence-corrected chi connectivity index (χ0v) is 14.3. The van der Waals surface area contributed by atoms with Crippen molar-refractivity contribution in [2.24, 2.45) is 4.99 Å². The van der Waals surface area contributed by atoms with E-state index in [1.54, 1.807) is 13.3 Å². The van der Waals surface area contributed by atoms with Gasteiger partial charge < -0.3 is 20.4 Å². The Bertz CT molecular complexity index is 393. The fraction of sp³-hybridized carbons (Fsp3) is 0.538. The number of carbonyl (C=O) groups is 1. The van der Waals surface area contributed by atoms with Gasteiger partial charge in [-0.2, -0.15) is 0 Å². The van der Waals surface area contributed by atoms with E-state index in [0.29, 0.717) is 25.5 Å². The van der Waals surface area contributed by atoms with Crippen LogP contribution in [0, 0.1) is 0 Å². The first-order chi connectivity index (χ1) is 9.26. The lowest BCUT2D eigenvalue weighted by Crippen LogP contribution is -2.38. The normalized spacial score (nSPS) is 10.6. The number of guanidine groups is 1. The molecule has 1 aromatic rings. The van der Waals surface area contributed by atoms with Gasteiger partial charge in [0, 0.05) is 26.6 Å². The molecule has 0 radical (unpaired) electrons. The molecule has 114 valence electrons. The topological polar surface area (TPSA) is 78.7 Å². The summed E-state index contributed by atoms with van der Waals surface area (Å²) in [4.78, 5) is 15.5. The lowest BCUT2D eigenvalue weighted by molar-refractivity contribution is -0.120. The summed E-state index contributed by atoms with van der Waals surface area (Å²) in [6, 6.07) is 3.73. The van der Waals surface area contributed by atoms with Crippen molar-refractivity contribution in [3.63, 3.8) is 0 Å². The van der Waals surface area contributed by atoms with Gasteiger partial charge in [-0.3, -0.25) is 9.79 Å². The molecular weight excluding hydrogens is 371 g/mol. The molecule has 1 rings (SSSR count). The number of aliphatic imine (C=N–C) groups is 1. The predicted octanol–water partition coefficient (Wildman–Crippen LogP) is 1.48. The Morgan fingerprint density at radius 2 is 2.10 bits per heavy atom. The molecule has 0 aliphatic heterocycles. The average Bonchev–Trinajstić information content (AvgIpc) is 2.93. The minimum atomic E-state index is 0. The first kappa shape index (κ1) is 18.8. The average molecular weight is 394 g/mol. The summed E-state index contributed by atoms with van der Waals surface area (Å²) in [6.45, 7) is 3.87. The van der Waals surface area contributed by atoms with Crippen molar-refractivity contribution in [2.45, 2.75) is 26.3 Å². The summed E-state index contributed by atoms with van der Waals surface area (Å²) < 4.78 is 5.21. The van der Waals surface area contributed by atoms with Crippen LogP contribution < -0.4 is 16.0 Å². The highest BCUT2D eigenvalue weighted by atomic mass is 127. The molecule has 0 saturated heterocycles. The summed E-state index contributed by atoms with van der Waals surface area (Å²) in [5.41, 5.74) is 0. The van der Waals surface area contributed by atoms with Crippen LogP contribution in [-0.2, 0) is 11.3 Å². The minimum Gasteiger partial charge on any atom is -0.467 e. The van der Waals surface area contributed by atoms with Gasteiger partial charge in [-0.05, 0) is 18.6 Å². The summed E-state index contributed by atoms with van der Waals surface area (Å²) in [7, 11) is 1.69. The van der Waals surface area contributed by atoms with Gasteiger partial charge in [0.05, 0.1) is 12.8 Å². The van der Waals surface area contributed by atoms with Crippen LogP contribution in [0.1, 0.15) is 25.5 Å². The number of nitrogens with zero attached hydrogens (tertiary/aromatic N) is 1. The zero-order chi connectivity index (χ0) is 13.9. The Morgan fingerprint density at radius 1 is 1.30 bits per heavy atom. The lowest BCUT2D eigenvalue weighted by Gasteiger charge is -2.10. The van der Waals surface area contributed by atoms with Crippen molar-refractivity contribution in [3.8, 4) is 0 Å². The number of nitrogens with one attached hydrogen (secondary N) is 3. The fourth-order valence-corrected chi connectivity index (χ4v) is 1.45. The summed E-state index contributed by atoms with van der Waals surface area (Å²) >= 11 is 0.